The quantitative estimate of drug-likeness (QED) is 0.711. The molecule has 0 aliphatic carbocycles. The maximum absolute atomic E-state index is 14.6. The highest BCUT2D eigenvalue weighted by Gasteiger charge is 2.36. The summed E-state index contributed by atoms with van der Waals surface area (Å²) in [6, 6.07) is 9.82. The van der Waals surface area contributed by atoms with E-state index in [1.54, 1.807) is 11.5 Å². The second-order valence-corrected chi connectivity index (χ2v) is 6.02. The minimum Gasteiger partial charge on any atom is -0.466 e. The van der Waals surface area contributed by atoms with Crippen LogP contribution in [0.2, 0.25) is 0 Å². The summed E-state index contributed by atoms with van der Waals surface area (Å²) in [4.78, 5) is 17.0. The fraction of sp³-hybridized carbons (Fsp3) is 0.158. The van der Waals surface area contributed by atoms with Gasteiger partial charge in [0.2, 0.25) is 5.95 Å². The van der Waals surface area contributed by atoms with Gasteiger partial charge in [0.15, 0.2) is 0 Å². The van der Waals surface area contributed by atoms with Crippen molar-refractivity contribution < 1.29 is 18.3 Å². The molecule has 2 aromatic carbocycles. The van der Waals surface area contributed by atoms with Crippen molar-refractivity contribution in [3.8, 4) is 0 Å². The Kier molecular flexibility index (Phi) is 3.72. The third-order valence-electron chi connectivity index (χ3n) is 4.49. The van der Waals surface area contributed by atoms with Gasteiger partial charge in [-0.05, 0) is 25.1 Å². The van der Waals surface area contributed by atoms with E-state index in [1.165, 1.54) is 19.2 Å². The van der Waals surface area contributed by atoms with Crippen molar-refractivity contribution in [1.29, 1.82) is 0 Å². The average Bonchev–Trinajstić information content (AvgIpc) is 2.98. The summed E-state index contributed by atoms with van der Waals surface area (Å²) < 4.78 is 34.7. The van der Waals surface area contributed by atoms with Crippen LogP contribution in [-0.2, 0) is 9.53 Å². The van der Waals surface area contributed by atoms with Crippen LogP contribution >= 0.6 is 0 Å². The molecule has 7 heteroatoms. The minimum atomic E-state index is -0.827. The molecule has 1 aromatic heterocycles. The van der Waals surface area contributed by atoms with Crippen molar-refractivity contribution in [3.05, 3.63) is 70.9 Å². The summed E-state index contributed by atoms with van der Waals surface area (Å²) in [6.45, 7) is 1.70. The molecular formula is C19H15F2N3O2. The number of benzene rings is 2. The van der Waals surface area contributed by atoms with Gasteiger partial charge in [-0.3, -0.25) is 4.57 Å². The van der Waals surface area contributed by atoms with Crippen molar-refractivity contribution >= 4 is 23.0 Å². The summed E-state index contributed by atoms with van der Waals surface area (Å²) >= 11 is 0. The van der Waals surface area contributed by atoms with Gasteiger partial charge in [0, 0.05) is 17.3 Å². The van der Waals surface area contributed by atoms with Crippen LogP contribution in [0.15, 0.2) is 53.7 Å². The van der Waals surface area contributed by atoms with E-state index in [4.69, 9.17) is 4.74 Å². The Bertz CT molecular complexity index is 1070. The molecule has 0 amide bonds. The summed E-state index contributed by atoms with van der Waals surface area (Å²) in [6.07, 6.45) is 0. The molecule has 1 aliphatic heterocycles. The average molecular weight is 355 g/mol. The Balaban J connectivity index is 2.05. The third kappa shape index (κ3) is 2.35. The van der Waals surface area contributed by atoms with Gasteiger partial charge in [0.25, 0.3) is 0 Å². The van der Waals surface area contributed by atoms with Gasteiger partial charge < -0.3 is 10.1 Å². The van der Waals surface area contributed by atoms with Gasteiger partial charge in [-0.2, -0.15) is 0 Å². The molecule has 1 N–H and O–H groups in total. The third-order valence-corrected chi connectivity index (χ3v) is 4.49. The fourth-order valence-corrected chi connectivity index (χ4v) is 3.36. The predicted molar refractivity (Wildman–Crippen MR) is 92.6 cm³/mol. The molecule has 132 valence electrons. The van der Waals surface area contributed by atoms with Crippen LogP contribution in [0, 0.1) is 11.6 Å². The highest BCUT2D eigenvalue weighted by atomic mass is 19.1. The smallest absolute Gasteiger partial charge is 0.337 e. The Morgan fingerprint density at radius 1 is 1.23 bits per heavy atom. The number of nitrogens with one attached hydrogen (secondary N) is 1. The Morgan fingerprint density at radius 2 is 2.00 bits per heavy atom. The fourth-order valence-electron chi connectivity index (χ4n) is 3.36. The van der Waals surface area contributed by atoms with Crippen LogP contribution in [0.1, 0.15) is 18.5 Å². The van der Waals surface area contributed by atoms with Crippen molar-refractivity contribution in [2.45, 2.75) is 13.0 Å². The highest BCUT2D eigenvalue weighted by Crippen LogP contribution is 2.40. The number of carbonyl (C=O) groups excluding carboxylic acids is 1. The van der Waals surface area contributed by atoms with Gasteiger partial charge in [0.05, 0.1) is 29.8 Å². The standard InChI is InChI=1S/C19H15F2N3O2/c1-10-16(18(25)26-2)17(12-8-7-11(20)9-13(12)21)24-15-6-4-3-5-14(15)23-19(24)22-10/h3-9,17H,1-2H3,(H,22,23). The number of anilines is 1. The molecule has 1 aliphatic rings. The molecule has 0 spiro atoms. The van der Waals surface area contributed by atoms with E-state index in [0.717, 1.165) is 11.6 Å². The van der Waals surface area contributed by atoms with Crippen LogP contribution in [0.5, 0.6) is 0 Å². The lowest BCUT2D eigenvalue weighted by Gasteiger charge is -2.30. The first-order chi connectivity index (χ1) is 12.5. The number of aromatic nitrogens is 2. The number of ether oxygens (including phenoxy) is 1. The lowest BCUT2D eigenvalue weighted by Crippen LogP contribution is -2.29. The van der Waals surface area contributed by atoms with Crippen LogP contribution in [0.3, 0.4) is 0 Å². The van der Waals surface area contributed by atoms with Gasteiger partial charge >= 0.3 is 5.97 Å². The van der Waals surface area contributed by atoms with Crippen molar-refractivity contribution in [1.82, 2.24) is 9.55 Å². The number of carbonyl (C=O) groups is 1. The maximum atomic E-state index is 14.6. The zero-order chi connectivity index (χ0) is 18.4. The molecule has 2 heterocycles. The number of nitrogens with zero attached hydrogens (tertiary/aromatic N) is 2. The highest BCUT2D eigenvalue weighted by molar-refractivity contribution is 5.94. The molecule has 3 aromatic rings. The number of esters is 1. The number of allylic oxidation sites excluding steroid dienone is 1. The first-order valence-electron chi connectivity index (χ1n) is 7.99. The van der Waals surface area contributed by atoms with Gasteiger partial charge in [-0.25, -0.2) is 18.6 Å². The molecule has 26 heavy (non-hydrogen) atoms. The van der Waals surface area contributed by atoms with E-state index in [0.29, 0.717) is 17.2 Å². The van der Waals surface area contributed by atoms with Crippen LogP contribution in [-0.4, -0.2) is 22.6 Å². The predicted octanol–water partition coefficient (Wildman–Crippen LogP) is 3.78. The lowest BCUT2D eigenvalue weighted by molar-refractivity contribution is -0.136. The Labute approximate surface area is 147 Å². The molecule has 0 bridgehead atoms. The zero-order valence-electron chi connectivity index (χ0n) is 14.1. The first kappa shape index (κ1) is 16.3. The van der Waals surface area contributed by atoms with E-state index in [1.807, 2.05) is 24.3 Å². The summed E-state index contributed by atoms with van der Waals surface area (Å²) in [5.41, 5.74) is 2.33. The number of hydrogen-bond acceptors (Lipinski definition) is 4. The Morgan fingerprint density at radius 3 is 2.73 bits per heavy atom. The molecule has 1 atom stereocenters. The normalized spacial score (nSPS) is 16.4. The summed E-state index contributed by atoms with van der Waals surface area (Å²) in [5, 5.41) is 3.08. The number of fused-ring (bicyclic) bond motifs is 3. The lowest BCUT2D eigenvalue weighted by atomic mass is 9.94. The number of imidazole rings is 1. The number of halogens is 2. The van der Waals surface area contributed by atoms with E-state index in [2.05, 4.69) is 10.3 Å². The van der Waals surface area contributed by atoms with Crippen LogP contribution < -0.4 is 5.32 Å². The first-order valence-corrected chi connectivity index (χ1v) is 7.99. The molecule has 1 unspecified atom stereocenters. The summed E-state index contributed by atoms with van der Waals surface area (Å²) in [5.74, 6) is -1.54. The minimum absolute atomic E-state index is 0.164. The van der Waals surface area contributed by atoms with Gasteiger partial charge in [-0.1, -0.05) is 18.2 Å². The molecular weight excluding hydrogens is 340 g/mol. The second kappa shape index (κ2) is 5.94. The van der Waals surface area contributed by atoms with E-state index in [9.17, 15) is 13.6 Å². The van der Waals surface area contributed by atoms with Gasteiger partial charge in [-0.15, -0.1) is 0 Å². The molecule has 4 rings (SSSR count). The van der Waals surface area contributed by atoms with Crippen LogP contribution in [0.4, 0.5) is 14.7 Å². The zero-order valence-corrected chi connectivity index (χ0v) is 14.1. The van der Waals surface area contributed by atoms with Crippen molar-refractivity contribution in [3.63, 3.8) is 0 Å². The summed E-state index contributed by atoms with van der Waals surface area (Å²) in [7, 11) is 1.27. The molecule has 5 nitrogen and oxygen atoms in total. The van der Waals surface area contributed by atoms with Crippen LogP contribution in [0.25, 0.3) is 11.0 Å². The number of rotatable bonds is 2. The number of methoxy groups -OCH3 is 1. The molecule has 0 fully saturated rings. The van der Waals surface area contributed by atoms with E-state index >= 15 is 0 Å². The second-order valence-electron chi connectivity index (χ2n) is 6.02. The van der Waals surface area contributed by atoms with Crippen molar-refractivity contribution in [2.24, 2.45) is 0 Å². The SMILES string of the molecule is COC(=O)C1=C(C)Nc2nc3ccccc3n2C1c1ccc(F)cc1F. The van der Waals surface area contributed by atoms with E-state index < -0.39 is 23.6 Å². The molecule has 0 radical (unpaired) electrons. The topological polar surface area (TPSA) is 56.1 Å². The number of hydrogen-bond donors (Lipinski definition) is 1. The largest absolute Gasteiger partial charge is 0.466 e. The maximum Gasteiger partial charge on any atom is 0.337 e. The van der Waals surface area contributed by atoms with Crippen molar-refractivity contribution in [2.75, 3.05) is 12.4 Å². The monoisotopic (exact) mass is 355 g/mol. The molecule has 0 saturated heterocycles. The van der Waals surface area contributed by atoms with Gasteiger partial charge in [0.1, 0.15) is 11.6 Å². The Hall–Kier alpha value is -3.22. The van der Waals surface area contributed by atoms with E-state index in [-0.39, 0.29) is 11.1 Å². The molecule has 0 saturated carbocycles. The number of para-hydroxylation sites is 2.